The van der Waals surface area contributed by atoms with E-state index in [1.54, 1.807) is 11.3 Å². The van der Waals surface area contributed by atoms with Gasteiger partial charge in [-0.05, 0) is 37.1 Å². The first-order valence-corrected chi connectivity index (χ1v) is 9.90. The molecule has 29 heavy (non-hydrogen) atoms. The molecule has 1 aromatic heterocycles. The van der Waals surface area contributed by atoms with Crippen LogP contribution in [0, 0.1) is 6.92 Å². The van der Waals surface area contributed by atoms with Crippen molar-refractivity contribution in [2.45, 2.75) is 32.4 Å². The zero-order chi connectivity index (χ0) is 20.2. The predicted octanol–water partition coefficient (Wildman–Crippen LogP) is 4.62. The Hall–Kier alpha value is -3.18. The molecule has 2 heterocycles. The molecule has 0 aliphatic carbocycles. The predicted molar refractivity (Wildman–Crippen MR) is 113 cm³/mol. The summed E-state index contributed by atoms with van der Waals surface area (Å²) in [6.45, 7) is 4.32. The molecule has 0 saturated carbocycles. The van der Waals surface area contributed by atoms with Gasteiger partial charge in [0, 0.05) is 12.5 Å². The molecule has 1 amide bonds. The van der Waals surface area contributed by atoms with Gasteiger partial charge in [0.25, 0.3) is 5.91 Å². The minimum atomic E-state index is -0.220. The molecule has 2 atom stereocenters. The van der Waals surface area contributed by atoms with Gasteiger partial charge in [-0.25, -0.2) is 5.01 Å². The van der Waals surface area contributed by atoms with Crippen molar-refractivity contribution in [3.05, 3.63) is 95.4 Å². The summed E-state index contributed by atoms with van der Waals surface area (Å²) in [5.74, 6) is 0.677. The lowest BCUT2D eigenvalue weighted by atomic mass is 10.0. The van der Waals surface area contributed by atoms with Gasteiger partial charge in [-0.2, -0.15) is 5.10 Å². The lowest BCUT2D eigenvalue weighted by Gasteiger charge is -2.21. The zero-order valence-electron chi connectivity index (χ0n) is 16.7. The number of hydrogen-bond donors (Lipinski definition) is 1. The topological polar surface area (TPSA) is 57.8 Å². The van der Waals surface area contributed by atoms with Crippen molar-refractivity contribution in [2.24, 2.45) is 5.10 Å². The van der Waals surface area contributed by atoms with Crippen LogP contribution in [0.3, 0.4) is 0 Å². The summed E-state index contributed by atoms with van der Waals surface area (Å²) >= 11 is 0. The van der Waals surface area contributed by atoms with Crippen molar-refractivity contribution >= 4 is 11.6 Å². The second kappa shape index (κ2) is 8.45. The van der Waals surface area contributed by atoms with Crippen molar-refractivity contribution in [1.82, 2.24) is 10.3 Å². The Bertz CT molecular complexity index is 979. The van der Waals surface area contributed by atoms with Gasteiger partial charge >= 0.3 is 0 Å². The molecule has 0 spiro atoms. The molecule has 4 rings (SSSR count). The van der Waals surface area contributed by atoms with Gasteiger partial charge in [-0.3, -0.25) is 4.79 Å². The number of carbonyl (C=O) groups excluding carboxylic acids is 1. The number of furan rings is 1. The second-order valence-corrected chi connectivity index (χ2v) is 7.40. The summed E-state index contributed by atoms with van der Waals surface area (Å²) in [7, 11) is 0. The fourth-order valence-corrected chi connectivity index (χ4v) is 3.54. The number of nitrogens with one attached hydrogen (secondary N) is 1. The smallest absolute Gasteiger partial charge is 0.257 e. The van der Waals surface area contributed by atoms with E-state index in [0.29, 0.717) is 6.42 Å². The molecule has 1 aliphatic rings. The molecule has 5 heteroatoms. The minimum absolute atomic E-state index is 0.0729. The average molecular weight is 387 g/mol. The Balaban J connectivity index is 1.51. The fraction of sp³-hybridized carbons (Fsp3) is 0.250. The first-order valence-electron chi connectivity index (χ1n) is 9.90. The summed E-state index contributed by atoms with van der Waals surface area (Å²) in [5.41, 5.74) is 4.28. The Morgan fingerprint density at radius 3 is 2.59 bits per heavy atom. The third kappa shape index (κ3) is 4.30. The maximum Gasteiger partial charge on any atom is 0.257 e. The molecule has 2 aromatic carbocycles. The Kier molecular flexibility index (Phi) is 5.58. The van der Waals surface area contributed by atoms with Gasteiger partial charge < -0.3 is 9.73 Å². The number of benzene rings is 2. The van der Waals surface area contributed by atoms with Gasteiger partial charge in [0.2, 0.25) is 0 Å². The van der Waals surface area contributed by atoms with E-state index in [4.69, 9.17) is 4.42 Å². The van der Waals surface area contributed by atoms with Crippen LogP contribution in [-0.4, -0.2) is 23.2 Å². The molecule has 0 fully saturated rings. The van der Waals surface area contributed by atoms with Crippen molar-refractivity contribution in [1.29, 1.82) is 0 Å². The number of hydrazone groups is 1. The van der Waals surface area contributed by atoms with Crippen LogP contribution in [0.25, 0.3) is 0 Å². The zero-order valence-corrected chi connectivity index (χ0v) is 16.7. The molecular formula is C24H25N3O2. The lowest BCUT2D eigenvalue weighted by Crippen LogP contribution is -2.36. The molecule has 1 N–H and O–H groups in total. The van der Waals surface area contributed by atoms with Crippen molar-refractivity contribution in [3.63, 3.8) is 0 Å². The summed E-state index contributed by atoms with van der Waals surface area (Å²) in [4.78, 5) is 13.0. The molecule has 148 valence electrons. The van der Waals surface area contributed by atoms with Gasteiger partial charge in [0.15, 0.2) is 0 Å². The normalized spacial score (nSPS) is 17.2. The molecule has 0 radical (unpaired) electrons. The van der Waals surface area contributed by atoms with Crippen LogP contribution < -0.4 is 5.32 Å². The van der Waals surface area contributed by atoms with E-state index < -0.39 is 0 Å². The third-order valence-corrected chi connectivity index (χ3v) is 5.28. The van der Waals surface area contributed by atoms with E-state index in [0.717, 1.165) is 22.6 Å². The highest BCUT2D eigenvalue weighted by molar-refractivity contribution is 6.03. The van der Waals surface area contributed by atoms with Crippen LogP contribution in [0.15, 0.2) is 82.5 Å². The highest BCUT2D eigenvalue weighted by Crippen LogP contribution is 2.33. The maximum absolute atomic E-state index is 13.0. The lowest BCUT2D eigenvalue weighted by molar-refractivity contribution is -0.132. The Labute approximate surface area is 171 Å². The number of amides is 1. The van der Waals surface area contributed by atoms with Crippen molar-refractivity contribution in [3.8, 4) is 0 Å². The molecule has 3 aromatic rings. The molecule has 0 unspecified atom stereocenters. The molecular weight excluding hydrogens is 362 g/mol. The molecule has 1 aliphatic heterocycles. The van der Waals surface area contributed by atoms with E-state index in [1.165, 1.54) is 5.56 Å². The van der Waals surface area contributed by atoms with E-state index in [-0.39, 0.29) is 24.5 Å². The van der Waals surface area contributed by atoms with Crippen LogP contribution >= 0.6 is 0 Å². The molecule has 0 bridgehead atoms. The Morgan fingerprint density at radius 1 is 1.14 bits per heavy atom. The van der Waals surface area contributed by atoms with Gasteiger partial charge in [0.1, 0.15) is 11.8 Å². The largest absolute Gasteiger partial charge is 0.467 e. The average Bonchev–Trinajstić information content (AvgIpc) is 3.43. The molecule has 0 saturated heterocycles. The van der Waals surface area contributed by atoms with E-state index in [1.807, 2.05) is 30.3 Å². The number of aryl methyl sites for hydroxylation is 1. The van der Waals surface area contributed by atoms with E-state index in [9.17, 15) is 4.79 Å². The summed E-state index contributed by atoms with van der Waals surface area (Å²) in [5, 5.41) is 9.56. The number of nitrogens with zero attached hydrogens (tertiary/aromatic N) is 2. The second-order valence-electron chi connectivity index (χ2n) is 7.40. The first-order chi connectivity index (χ1) is 14.1. The highest BCUT2D eigenvalue weighted by atomic mass is 16.3. The minimum Gasteiger partial charge on any atom is -0.467 e. The standard InChI is InChI=1S/C24H25N3O2/c1-17-10-12-20(13-11-17)21-15-22(23-9-6-14-29-23)27(26-21)24(28)16-25-18(2)19-7-4-3-5-8-19/h3-14,18,22,25H,15-16H2,1-2H3/t18-,22+/m0/s1. The van der Waals surface area contributed by atoms with Crippen molar-refractivity contribution in [2.75, 3.05) is 6.54 Å². The van der Waals surface area contributed by atoms with Gasteiger partial charge in [0.05, 0.1) is 18.5 Å². The SMILES string of the molecule is Cc1ccc(C2=NN(C(=O)CN[C@@H](C)c3ccccc3)[C@@H](c3ccco3)C2)cc1. The Morgan fingerprint density at radius 2 is 1.90 bits per heavy atom. The number of hydrogen-bond acceptors (Lipinski definition) is 4. The summed E-state index contributed by atoms with van der Waals surface area (Å²) in [6.07, 6.45) is 2.27. The van der Waals surface area contributed by atoms with Crippen molar-refractivity contribution < 1.29 is 9.21 Å². The van der Waals surface area contributed by atoms with E-state index in [2.05, 4.69) is 60.7 Å². The van der Waals surface area contributed by atoms with Crippen LogP contribution in [0.2, 0.25) is 0 Å². The molecule has 5 nitrogen and oxygen atoms in total. The summed E-state index contributed by atoms with van der Waals surface area (Å²) in [6, 6.07) is 21.9. The number of carbonyl (C=O) groups is 1. The quantitative estimate of drug-likeness (QED) is 0.672. The van der Waals surface area contributed by atoms with Crippen LogP contribution in [0.4, 0.5) is 0 Å². The van der Waals surface area contributed by atoms with Gasteiger partial charge in [-0.15, -0.1) is 0 Å². The monoisotopic (exact) mass is 387 g/mol. The third-order valence-electron chi connectivity index (χ3n) is 5.28. The summed E-state index contributed by atoms with van der Waals surface area (Å²) < 4.78 is 5.61. The highest BCUT2D eigenvalue weighted by Gasteiger charge is 2.34. The fourth-order valence-electron chi connectivity index (χ4n) is 3.54. The van der Waals surface area contributed by atoms with Crippen LogP contribution in [-0.2, 0) is 4.79 Å². The first kappa shape index (κ1) is 19.2. The van der Waals surface area contributed by atoms with Crippen LogP contribution in [0.1, 0.15) is 47.9 Å². The maximum atomic E-state index is 13.0. The number of rotatable bonds is 6. The van der Waals surface area contributed by atoms with Crippen LogP contribution in [0.5, 0.6) is 0 Å². The van der Waals surface area contributed by atoms with Gasteiger partial charge in [-0.1, -0.05) is 60.2 Å². The van der Waals surface area contributed by atoms with E-state index >= 15 is 0 Å².